The smallest absolute Gasteiger partial charge is 0.293 e. The zero-order chi connectivity index (χ0) is 20.3. The number of phenols is 1. The fraction of sp³-hybridized carbons (Fsp3) is 0.0769. The average Bonchev–Trinajstić information content (AvgIpc) is 2.63. The second-order valence-electron chi connectivity index (χ2n) is 2.11. The lowest BCUT2D eigenvalue weighted by Crippen LogP contribution is -1.78. The number of methoxy groups -OCH3 is 1. The molecule has 0 aromatic heterocycles. The molecule has 0 spiro atoms. The van der Waals surface area contributed by atoms with Gasteiger partial charge in [-0.3, -0.25) is 0 Å². The lowest BCUT2D eigenvalue weighted by Gasteiger charge is -1.93. The molecular weight excluding hydrogens is 188 g/mol. The predicted octanol–water partition coefficient (Wildman–Crippen LogP) is 3.09. The van der Waals surface area contributed by atoms with Crippen LogP contribution in [0.15, 0.2) is 60.4 Å². The van der Waals surface area contributed by atoms with Crippen LogP contribution in [0.5, 0.6) is 11.5 Å². The second-order valence-corrected chi connectivity index (χ2v) is 2.11. The summed E-state index contributed by atoms with van der Waals surface area (Å²) in [6, 6.07) is -4.27. The monoisotopic (exact) mass is 213 g/mol. The van der Waals surface area contributed by atoms with Crippen LogP contribution < -0.4 is 4.74 Å². The highest BCUT2D eigenvalue weighted by Gasteiger charge is 1.80. The summed E-state index contributed by atoms with van der Waals surface area (Å²) < 4.78 is 83.6. The molecule has 0 saturated carbocycles. The molecule has 0 unspecified atom stereocenters. The molecule has 0 heterocycles. The van der Waals surface area contributed by atoms with Crippen LogP contribution in [-0.4, -0.2) is 13.6 Å². The number of aromatic hydroxyl groups is 1. The van der Waals surface area contributed by atoms with Crippen LogP contribution in [0.1, 0.15) is 13.7 Å². The molecule has 2 aromatic rings. The summed E-state index contributed by atoms with van der Waals surface area (Å²) in [5.41, 5.74) is 0. The lowest BCUT2D eigenvalue weighted by atomic mass is 10.3. The Balaban J connectivity index is 0.000000260. The molecule has 0 fully saturated rings. The standard InChI is InChI=1S/C7H8O.C6H6O/c1-8-7-5-3-2-4-6-7;7-6-4-2-1-3-5-6/h2-6H,1H3;1-5,7H/i2D,3D,4D,5D,6D;1D,2D,3D,4D,5D/hD. The summed E-state index contributed by atoms with van der Waals surface area (Å²) in [5.74, 6) is -0.572. The Morgan fingerprint density at radius 1 is 1.00 bits per heavy atom. The van der Waals surface area contributed by atoms with E-state index in [1.807, 2.05) is 0 Å². The minimum Gasteiger partial charge on any atom is -0.508 e. The van der Waals surface area contributed by atoms with E-state index in [0.717, 1.165) is 0 Å². The van der Waals surface area contributed by atoms with Crippen molar-refractivity contribution in [2.24, 2.45) is 0 Å². The Labute approximate surface area is 105 Å². The maximum atomic E-state index is 7.34. The van der Waals surface area contributed by atoms with Gasteiger partial charge in [0.05, 0.1) is 20.8 Å². The third-order valence-corrected chi connectivity index (χ3v) is 1.16. The minimum atomic E-state index is -0.499. The number of hydrogen-bond donors (Lipinski definition) is 1. The van der Waals surface area contributed by atoms with Crippen molar-refractivity contribution >= 4 is 0 Å². The van der Waals surface area contributed by atoms with E-state index in [9.17, 15) is 0 Å². The van der Waals surface area contributed by atoms with Crippen molar-refractivity contribution in [3.05, 3.63) is 60.4 Å². The van der Waals surface area contributed by atoms with Gasteiger partial charge in [0.1, 0.15) is 11.5 Å². The number of benzene rings is 2. The normalized spacial score (nSPS) is 18.6. The molecule has 0 aliphatic heterocycles. The quantitative estimate of drug-likeness (QED) is 0.830. The van der Waals surface area contributed by atoms with E-state index in [4.69, 9.17) is 19.9 Å². The highest BCUT2D eigenvalue weighted by Crippen LogP contribution is 2.05. The Hall–Kier alpha value is -1.96. The van der Waals surface area contributed by atoms with Gasteiger partial charge in [0.2, 0.25) is 0 Å². The van der Waals surface area contributed by atoms with E-state index in [1.165, 1.54) is 7.11 Å². The summed E-state index contributed by atoms with van der Waals surface area (Å²) in [6.07, 6.45) is 0. The number of ether oxygens (including phenoxy) is 1. The first-order chi connectivity index (χ1) is 12.0. The zero-order valence-electron chi connectivity index (χ0n) is 18.8. The van der Waals surface area contributed by atoms with Gasteiger partial charge in [-0.1, -0.05) is 36.3 Å². The van der Waals surface area contributed by atoms with Crippen molar-refractivity contribution in [3.63, 3.8) is 0 Å². The van der Waals surface area contributed by atoms with Gasteiger partial charge in [-0.2, -0.15) is 0 Å². The van der Waals surface area contributed by atoms with Crippen molar-refractivity contribution in [1.82, 2.24) is 0 Å². The molecule has 0 aliphatic carbocycles. The maximum Gasteiger partial charge on any atom is 0.293 e. The molecule has 0 saturated heterocycles. The number of para-hydroxylation sites is 2. The Bertz CT molecular complexity index is 710. The molecular formula is C13H14O2. The SMILES string of the molecule is [2H]Oc1c([2H])c([2H])c([2H])c([2H])c1[2H].[2H]c1c([2H])c([2H])c(OC)c([2H])c1[2H]. The zero-order valence-corrected chi connectivity index (χ0v) is 7.82. The molecule has 0 atom stereocenters. The van der Waals surface area contributed by atoms with Gasteiger partial charge in [-0.05, 0) is 24.2 Å². The van der Waals surface area contributed by atoms with E-state index in [2.05, 4.69) is 5.11 Å². The summed E-state index contributed by atoms with van der Waals surface area (Å²) in [5, 5.41) is 3.94. The lowest BCUT2D eigenvalue weighted by molar-refractivity contribution is 0.415. The molecule has 2 rings (SSSR count). The van der Waals surface area contributed by atoms with Crippen molar-refractivity contribution in [2.45, 2.75) is 0 Å². The summed E-state index contributed by atoms with van der Waals surface area (Å²) >= 11 is 0. The largest absolute Gasteiger partial charge is 0.508 e. The van der Waals surface area contributed by atoms with Crippen molar-refractivity contribution < 1.29 is 23.6 Å². The fourth-order valence-electron chi connectivity index (χ4n) is 0.579. The molecule has 0 amide bonds. The van der Waals surface area contributed by atoms with Crippen LogP contribution in [0.3, 0.4) is 0 Å². The van der Waals surface area contributed by atoms with Crippen molar-refractivity contribution in [1.29, 1.82) is 1.43 Å². The van der Waals surface area contributed by atoms with E-state index < -0.39 is 42.0 Å². The molecule has 0 aliphatic rings. The molecule has 1 N–H and O–H groups in total. The highest BCUT2D eigenvalue weighted by atomic mass is 16.5. The van der Waals surface area contributed by atoms with E-state index in [-0.39, 0.29) is 29.9 Å². The topological polar surface area (TPSA) is 29.5 Å². The number of phenolic OH excluding ortho intramolecular Hbond substituents is 1. The molecule has 0 bridgehead atoms. The fourth-order valence-corrected chi connectivity index (χ4v) is 0.579. The van der Waals surface area contributed by atoms with Crippen LogP contribution in [0.2, 0.25) is 0 Å². The third-order valence-electron chi connectivity index (χ3n) is 1.16. The molecule has 2 aromatic carbocycles. The first-order valence-corrected chi connectivity index (χ1v) is 3.82. The first kappa shape index (κ1) is 3.27. The van der Waals surface area contributed by atoms with Gasteiger partial charge in [0.25, 0.3) is 1.43 Å². The first-order valence-electron chi connectivity index (χ1n) is 9.22. The van der Waals surface area contributed by atoms with Crippen LogP contribution in [-0.2, 0) is 0 Å². The van der Waals surface area contributed by atoms with E-state index in [0.29, 0.717) is 0 Å². The van der Waals surface area contributed by atoms with Gasteiger partial charge in [0.15, 0.2) is 0 Å². The molecule has 0 radical (unpaired) electrons. The number of rotatable bonds is 2. The second kappa shape index (κ2) is 6.49. The van der Waals surface area contributed by atoms with Gasteiger partial charge < -0.3 is 9.85 Å². The van der Waals surface area contributed by atoms with Crippen molar-refractivity contribution in [3.8, 4) is 11.5 Å². The maximum absolute atomic E-state index is 7.34. The van der Waals surface area contributed by atoms with Crippen LogP contribution in [0.4, 0.5) is 0 Å². The van der Waals surface area contributed by atoms with Gasteiger partial charge >= 0.3 is 0 Å². The molecule has 2 nitrogen and oxygen atoms in total. The molecule has 78 valence electrons. The minimum absolute atomic E-state index is 0.119. The predicted molar refractivity (Wildman–Crippen MR) is 61.1 cm³/mol. The van der Waals surface area contributed by atoms with Gasteiger partial charge in [0, 0.05) is 0 Å². The third kappa shape index (κ3) is 4.72. The Morgan fingerprint density at radius 2 is 1.53 bits per heavy atom. The van der Waals surface area contributed by atoms with E-state index in [1.54, 1.807) is 0 Å². The summed E-state index contributed by atoms with van der Waals surface area (Å²) in [6.45, 7) is 0. The summed E-state index contributed by atoms with van der Waals surface area (Å²) in [7, 11) is 1.27. The highest BCUT2D eigenvalue weighted by molar-refractivity contribution is 5.20. The number of hydrogen-bond acceptors (Lipinski definition) is 2. The van der Waals surface area contributed by atoms with Crippen LogP contribution >= 0.6 is 0 Å². The Morgan fingerprint density at radius 3 is 2.00 bits per heavy atom. The van der Waals surface area contributed by atoms with Gasteiger partial charge in [-0.25, -0.2) is 0 Å². The van der Waals surface area contributed by atoms with Crippen molar-refractivity contribution in [2.75, 3.05) is 7.11 Å². The molecule has 15 heavy (non-hydrogen) atoms. The molecule has 2 heteroatoms. The van der Waals surface area contributed by atoms with Gasteiger partial charge in [-0.15, -0.1) is 0 Å². The van der Waals surface area contributed by atoms with Crippen LogP contribution in [0, 0.1) is 0 Å². The average molecular weight is 213 g/mol. The Kier molecular flexibility index (Phi) is 1.41. The van der Waals surface area contributed by atoms with Crippen LogP contribution in [0.25, 0.3) is 0 Å². The summed E-state index contributed by atoms with van der Waals surface area (Å²) in [4.78, 5) is 0. The van der Waals surface area contributed by atoms with E-state index >= 15 is 0 Å².